The van der Waals surface area contributed by atoms with Gasteiger partial charge in [-0.15, -0.1) is 10.2 Å². The fourth-order valence-electron chi connectivity index (χ4n) is 2.52. The van der Waals surface area contributed by atoms with Gasteiger partial charge in [0.05, 0.1) is 0 Å². The molecule has 1 aromatic rings. The molecule has 0 aliphatic heterocycles. The van der Waals surface area contributed by atoms with Crippen molar-refractivity contribution in [1.82, 2.24) is 10.2 Å². The second-order valence-corrected chi connectivity index (χ2v) is 6.17. The van der Waals surface area contributed by atoms with E-state index in [1.807, 2.05) is 6.92 Å². The van der Waals surface area contributed by atoms with E-state index in [0.29, 0.717) is 23.9 Å². The molecule has 0 spiro atoms. The topological polar surface area (TPSA) is 75.1 Å². The van der Waals surface area contributed by atoms with Crippen LogP contribution < -0.4 is 5.32 Å². The summed E-state index contributed by atoms with van der Waals surface area (Å²) in [4.78, 5) is 11.6. The molecule has 1 fully saturated rings. The monoisotopic (exact) mass is 269 g/mol. The van der Waals surface area contributed by atoms with Gasteiger partial charge in [-0.25, -0.2) is 4.79 Å². The molecule has 1 aromatic heterocycles. The smallest absolute Gasteiger partial charge is 0.329 e. The van der Waals surface area contributed by atoms with Gasteiger partial charge >= 0.3 is 5.97 Å². The molecule has 0 bridgehead atoms. The van der Waals surface area contributed by atoms with Gasteiger partial charge in [0.2, 0.25) is 5.13 Å². The van der Waals surface area contributed by atoms with Gasteiger partial charge in [0.15, 0.2) is 0 Å². The van der Waals surface area contributed by atoms with Gasteiger partial charge in [0, 0.05) is 0 Å². The maximum Gasteiger partial charge on any atom is 0.329 e. The first-order valence-electron chi connectivity index (χ1n) is 6.37. The van der Waals surface area contributed by atoms with Crippen LogP contribution in [0.5, 0.6) is 0 Å². The van der Waals surface area contributed by atoms with Crippen molar-refractivity contribution in [3.63, 3.8) is 0 Å². The predicted octanol–water partition coefficient (Wildman–Crippen LogP) is 2.68. The van der Waals surface area contributed by atoms with Crippen LogP contribution in [-0.2, 0) is 4.79 Å². The zero-order chi connectivity index (χ0) is 13.2. The van der Waals surface area contributed by atoms with Crippen LogP contribution in [0.2, 0.25) is 0 Å². The number of anilines is 1. The third-order valence-corrected chi connectivity index (χ3v) is 4.57. The minimum Gasteiger partial charge on any atom is -0.480 e. The lowest BCUT2D eigenvalue weighted by atomic mass is 9.75. The summed E-state index contributed by atoms with van der Waals surface area (Å²) >= 11 is 1.41. The molecular formula is C12H19N3O2S. The van der Waals surface area contributed by atoms with Gasteiger partial charge in [-0.2, -0.15) is 0 Å². The van der Waals surface area contributed by atoms with Crippen LogP contribution in [0.3, 0.4) is 0 Å². The average Bonchev–Trinajstić information content (AvgIpc) is 2.75. The van der Waals surface area contributed by atoms with E-state index in [9.17, 15) is 9.90 Å². The van der Waals surface area contributed by atoms with Crippen LogP contribution in [-0.4, -0.2) is 26.8 Å². The van der Waals surface area contributed by atoms with Crippen LogP contribution in [0, 0.1) is 12.8 Å². The van der Waals surface area contributed by atoms with Crippen molar-refractivity contribution in [3.05, 3.63) is 5.01 Å². The highest BCUT2D eigenvalue weighted by molar-refractivity contribution is 7.15. The molecule has 0 amide bonds. The first-order chi connectivity index (χ1) is 8.55. The number of carbonyl (C=O) groups is 1. The Labute approximate surface area is 111 Å². The number of hydrogen-bond acceptors (Lipinski definition) is 5. The molecular weight excluding hydrogens is 250 g/mol. The van der Waals surface area contributed by atoms with Crippen molar-refractivity contribution in [1.29, 1.82) is 0 Å². The molecule has 18 heavy (non-hydrogen) atoms. The number of aromatic nitrogens is 2. The Morgan fingerprint density at radius 2 is 2.17 bits per heavy atom. The predicted molar refractivity (Wildman–Crippen MR) is 70.9 cm³/mol. The van der Waals surface area contributed by atoms with E-state index >= 15 is 0 Å². The first kappa shape index (κ1) is 13.3. The Kier molecular flexibility index (Phi) is 3.85. The highest BCUT2D eigenvalue weighted by Crippen LogP contribution is 2.36. The summed E-state index contributed by atoms with van der Waals surface area (Å²) in [7, 11) is 0. The molecule has 6 heteroatoms. The molecule has 1 heterocycles. The van der Waals surface area contributed by atoms with Crippen molar-refractivity contribution in [3.8, 4) is 0 Å². The lowest BCUT2D eigenvalue weighted by molar-refractivity contribution is -0.143. The van der Waals surface area contributed by atoms with Crippen LogP contribution in [0.4, 0.5) is 5.13 Å². The van der Waals surface area contributed by atoms with Gasteiger partial charge in [-0.1, -0.05) is 24.7 Å². The quantitative estimate of drug-likeness (QED) is 0.879. The summed E-state index contributed by atoms with van der Waals surface area (Å²) in [6.45, 7) is 4.03. The zero-order valence-electron chi connectivity index (χ0n) is 10.8. The minimum atomic E-state index is -0.850. The maximum absolute atomic E-state index is 11.6. The van der Waals surface area contributed by atoms with Crippen LogP contribution in [0.1, 0.15) is 44.0 Å². The Hall–Kier alpha value is -1.17. The summed E-state index contributed by atoms with van der Waals surface area (Å²) in [5.41, 5.74) is -0.850. The first-order valence-corrected chi connectivity index (χ1v) is 7.19. The number of nitrogens with zero attached hydrogens (tertiary/aromatic N) is 2. The van der Waals surface area contributed by atoms with Crippen molar-refractivity contribution in [2.24, 2.45) is 5.92 Å². The number of rotatable bonds is 4. The van der Waals surface area contributed by atoms with Crippen molar-refractivity contribution in [2.75, 3.05) is 5.32 Å². The summed E-state index contributed by atoms with van der Waals surface area (Å²) < 4.78 is 0. The number of aliphatic carboxylic acids is 1. The van der Waals surface area contributed by atoms with Crippen molar-refractivity contribution in [2.45, 2.75) is 51.5 Å². The fourth-order valence-corrected chi connectivity index (χ4v) is 3.21. The van der Waals surface area contributed by atoms with Gasteiger partial charge < -0.3 is 10.4 Å². The minimum absolute atomic E-state index is 0.616. The van der Waals surface area contributed by atoms with E-state index in [1.54, 1.807) is 0 Å². The summed E-state index contributed by atoms with van der Waals surface area (Å²) in [6.07, 6.45) is 4.40. The molecule has 1 aliphatic carbocycles. The second-order valence-electron chi connectivity index (χ2n) is 4.99. The van der Waals surface area contributed by atoms with E-state index in [1.165, 1.54) is 11.3 Å². The number of carboxylic acids is 1. The average molecular weight is 269 g/mol. The molecule has 0 atom stereocenters. The van der Waals surface area contributed by atoms with Gasteiger partial charge in [0.25, 0.3) is 0 Å². The third-order valence-electron chi connectivity index (χ3n) is 3.82. The molecule has 0 saturated heterocycles. The lowest BCUT2D eigenvalue weighted by Gasteiger charge is -2.36. The molecule has 1 aliphatic rings. The summed E-state index contributed by atoms with van der Waals surface area (Å²) in [6, 6.07) is 0. The standard InChI is InChI=1S/C12H19N3O2S/c1-3-9-4-6-12(7-5-9,10(16)17)13-11-15-14-8(2)18-11/h9H,3-7H2,1-2H3,(H,13,15)(H,16,17). The molecule has 0 radical (unpaired) electrons. The van der Waals surface area contributed by atoms with Crippen molar-refractivity contribution >= 4 is 22.4 Å². The molecule has 0 unspecified atom stereocenters. The Morgan fingerprint density at radius 3 is 2.61 bits per heavy atom. The number of aryl methyl sites for hydroxylation is 1. The largest absolute Gasteiger partial charge is 0.480 e. The SMILES string of the molecule is CCC1CCC(Nc2nnc(C)s2)(C(=O)O)CC1. The lowest BCUT2D eigenvalue weighted by Crippen LogP contribution is -2.49. The third kappa shape index (κ3) is 2.63. The van der Waals surface area contributed by atoms with Crippen LogP contribution in [0.25, 0.3) is 0 Å². The van der Waals surface area contributed by atoms with Crippen molar-refractivity contribution < 1.29 is 9.90 Å². The number of hydrogen-bond donors (Lipinski definition) is 2. The normalized spacial score (nSPS) is 28.0. The van der Waals surface area contributed by atoms with Gasteiger partial charge in [-0.05, 0) is 38.5 Å². The second kappa shape index (κ2) is 5.22. The van der Waals surface area contributed by atoms with E-state index in [2.05, 4.69) is 22.4 Å². The van der Waals surface area contributed by atoms with E-state index in [4.69, 9.17) is 0 Å². The van der Waals surface area contributed by atoms with E-state index in [-0.39, 0.29) is 0 Å². The van der Waals surface area contributed by atoms with Crippen LogP contribution in [0.15, 0.2) is 0 Å². The maximum atomic E-state index is 11.6. The molecule has 100 valence electrons. The van der Waals surface area contributed by atoms with Crippen LogP contribution >= 0.6 is 11.3 Å². The highest BCUT2D eigenvalue weighted by atomic mass is 32.1. The Balaban J connectivity index is 2.11. The molecule has 5 nitrogen and oxygen atoms in total. The number of carboxylic acid groups (broad SMARTS) is 1. The molecule has 2 N–H and O–H groups in total. The Bertz CT molecular complexity index is 425. The van der Waals surface area contributed by atoms with Gasteiger partial charge in [0.1, 0.15) is 10.5 Å². The van der Waals surface area contributed by atoms with Gasteiger partial charge in [-0.3, -0.25) is 0 Å². The number of nitrogens with one attached hydrogen (secondary N) is 1. The van der Waals surface area contributed by atoms with E-state index in [0.717, 1.165) is 24.3 Å². The summed E-state index contributed by atoms with van der Waals surface area (Å²) in [5, 5.41) is 22.0. The molecule has 2 rings (SSSR count). The fraction of sp³-hybridized carbons (Fsp3) is 0.750. The zero-order valence-corrected chi connectivity index (χ0v) is 11.6. The summed E-state index contributed by atoms with van der Waals surface area (Å²) in [5.74, 6) is -0.111. The highest BCUT2D eigenvalue weighted by Gasteiger charge is 2.42. The molecule has 0 aromatic carbocycles. The Morgan fingerprint density at radius 1 is 1.50 bits per heavy atom. The van der Waals surface area contributed by atoms with E-state index < -0.39 is 11.5 Å². The molecule has 1 saturated carbocycles.